The Bertz CT molecular complexity index is 628. The SMILES string of the molecule is Cc1ccc2cc(CN3CCC(NC(C)C)CC3)ccc2n1. The molecular formula is C19H27N3. The number of nitrogens with one attached hydrogen (secondary N) is 1. The Kier molecular flexibility index (Phi) is 4.74. The van der Waals surface area contributed by atoms with E-state index in [-0.39, 0.29) is 0 Å². The van der Waals surface area contributed by atoms with E-state index in [1.165, 1.54) is 36.9 Å². The van der Waals surface area contributed by atoms with Crippen LogP contribution in [-0.4, -0.2) is 35.1 Å². The lowest BCUT2D eigenvalue weighted by Gasteiger charge is -2.33. The molecule has 1 aliphatic heterocycles. The summed E-state index contributed by atoms with van der Waals surface area (Å²) in [4.78, 5) is 7.15. The topological polar surface area (TPSA) is 28.2 Å². The summed E-state index contributed by atoms with van der Waals surface area (Å²) < 4.78 is 0. The molecule has 0 aliphatic carbocycles. The van der Waals surface area contributed by atoms with Gasteiger partial charge in [0.2, 0.25) is 0 Å². The van der Waals surface area contributed by atoms with Gasteiger partial charge in [0, 0.05) is 29.7 Å². The van der Waals surface area contributed by atoms with E-state index in [1.54, 1.807) is 0 Å². The summed E-state index contributed by atoms with van der Waals surface area (Å²) in [6.07, 6.45) is 2.51. The lowest BCUT2D eigenvalue weighted by Crippen LogP contribution is -2.44. The van der Waals surface area contributed by atoms with Gasteiger partial charge in [-0.3, -0.25) is 9.88 Å². The molecule has 0 radical (unpaired) electrons. The molecule has 0 spiro atoms. The van der Waals surface area contributed by atoms with Crippen LogP contribution in [0, 0.1) is 6.92 Å². The second-order valence-corrected chi connectivity index (χ2v) is 6.85. The first-order valence-corrected chi connectivity index (χ1v) is 8.45. The Labute approximate surface area is 133 Å². The van der Waals surface area contributed by atoms with E-state index in [9.17, 15) is 0 Å². The summed E-state index contributed by atoms with van der Waals surface area (Å²) in [5.41, 5.74) is 3.58. The summed E-state index contributed by atoms with van der Waals surface area (Å²) in [5, 5.41) is 4.91. The summed E-state index contributed by atoms with van der Waals surface area (Å²) in [5.74, 6) is 0. The molecule has 1 aromatic carbocycles. The lowest BCUT2D eigenvalue weighted by molar-refractivity contribution is 0.186. The quantitative estimate of drug-likeness (QED) is 0.936. The van der Waals surface area contributed by atoms with E-state index < -0.39 is 0 Å². The number of hydrogen-bond acceptors (Lipinski definition) is 3. The predicted octanol–water partition coefficient (Wildman–Crippen LogP) is 3.51. The number of pyridine rings is 1. The predicted molar refractivity (Wildman–Crippen MR) is 93.1 cm³/mol. The van der Waals surface area contributed by atoms with Gasteiger partial charge in [-0.2, -0.15) is 0 Å². The number of piperidine rings is 1. The zero-order valence-corrected chi connectivity index (χ0v) is 14.0. The normalized spacial score (nSPS) is 17.5. The van der Waals surface area contributed by atoms with Gasteiger partial charge >= 0.3 is 0 Å². The van der Waals surface area contributed by atoms with Crippen molar-refractivity contribution < 1.29 is 0 Å². The van der Waals surface area contributed by atoms with Crippen molar-refractivity contribution in [3.63, 3.8) is 0 Å². The summed E-state index contributed by atoms with van der Waals surface area (Å²) in [6.45, 7) is 9.94. The average molecular weight is 297 g/mol. The largest absolute Gasteiger partial charge is 0.312 e. The third kappa shape index (κ3) is 3.84. The number of aryl methyl sites for hydroxylation is 1. The first-order chi connectivity index (χ1) is 10.6. The molecule has 1 aromatic heterocycles. The van der Waals surface area contributed by atoms with Crippen molar-refractivity contribution >= 4 is 10.9 Å². The number of nitrogens with zero attached hydrogens (tertiary/aromatic N) is 2. The smallest absolute Gasteiger partial charge is 0.0705 e. The minimum absolute atomic E-state index is 0.591. The maximum Gasteiger partial charge on any atom is 0.0705 e. The standard InChI is InChI=1S/C19H27N3/c1-14(2)20-18-8-10-22(11-9-18)13-16-5-7-19-17(12-16)6-4-15(3)21-19/h4-7,12,14,18,20H,8-11,13H2,1-3H3. The van der Waals surface area contributed by atoms with Crippen molar-refractivity contribution in [2.45, 2.75) is 52.2 Å². The van der Waals surface area contributed by atoms with Gasteiger partial charge in [-0.1, -0.05) is 26.0 Å². The van der Waals surface area contributed by atoms with Crippen LogP contribution in [0.2, 0.25) is 0 Å². The molecule has 0 bridgehead atoms. The van der Waals surface area contributed by atoms with E-state index >= 15 is 0 Å². The van der Waals surface area contributed by atoms with Crippen molar-refractivity contribution in [3.8, 4) is 0 Å². The third-order valence-electron chi connectivity index (χ3n) is 4.46. The Morgan fingerprint density at radius 1 is 1.18 bits per heavy atom. The second-order valence-electron chi connectivity index (χ2n) is 6.85. The first-order valence-electron chi connectivity index (χ1n) is 8.45. The van der Waals surface area contributed by atoms with Gasteiger partial charge < -0.3 is 5.32 Å². The van der Waals surface area contributed by atoms with Crippen LogP contribution in [0.5, 0.6) is 0 Å². The van der Waals surface area contributed by atoms with Gasteiger partial charge in [0.15, 0.2) is 0 Å². The molecule has 2 aromatic rings. The molecule has 1 aliphatic rings. The van der Waals surface area contributed by atoms with Gasteiger partial charge in [0.25, 0.3) is 0 Å². The minimum atomic E-state index is 0.591. The van der Waals surface area contributed by atoms with Crippen molar-refractivity contribution in [2.75, 3.05) is 13.1 Å². The molecule has 0 saturated carbocycles. The zero-order valence-electron chi connectivity index (χ0n) is 14.0. The van der Waals surface area contributed by atoms with Gasteiger partial charge in [0.1, 0.15) is 0 Å². The summed E-state index contributed by atoms with van der Waals surface area (Å²) in [6, 6.07) is 12.2. The maximum absolute atomic E-state index is 4.58. The fourth-order valence-electron chi connectivity index (χ4n) is 3.36. The Morgan fingerprint density at radius 2 is 1.95 bits per heavy atom. The average Bonchev–Trinajstić information content (AvgIpc) is 2.49. The van der Waals surface area contributed by atoms with Crippen LogP contribution in [0.1, 0.15) is 37.9 Å². The fraction of sp³-hybridized carbons (Fsp3) is 0.526. The second kappa shape index (κ2) is 6.76. The Hall–Kier alpha value is -1.45. The maximum atomic E-state index is 4.58. The summed E-state index contributed by atoms with van der Waals surface area (Å²) in [7, 11) is 0. The highest BCUT2D eigenvalue weighted by molar-refractivity contribution is 5.79. The molecule has 3 rings (SSSR count). The van der Waals surface area contributed by atoms with E-state index in [4.69, 9.17) is 0 Å². The third-order valence-corrected chi connectivity index (χ3v) is 4.46. The fourth-order valence-corrected chi connectivity index (χ4v) is 3.36. The van der Waals surface area contributed by atoms with Crippen LogP contribution < -0.4 is 5.32 Å². The minimum Gasteiger partial charge on any atom is -0.312 e. The van der Waals surface area contributed by atoms with E-state index in [1.807, 2.05) is 6.92 Å². The number of aromatic nitrogens is 1. The molecule has 3 nitrogen and oxygen atoms in total. The van der Waals surface area contributed by atoms with Crippen molar-refractivity contribution in [1.82, 2.24) is 15.2 Å². The van der Waals surface area contributed by atoms with Gasteiger partial charge in [-0.15, -0.1) is 0 Å². The molecule has 0 amide bonds. The molecule has 2 heterocycles. The van der Waals surface area contributed by atoms with Crippen LogP contribution in [0.4, 0.5) is 0 Å². The Balaban J connectivity index is 1.61. The van der Waals surface area contributed by atoms with Crippen molar-refractivity contribution in [3.05, 3.63) is 41.6 Å². The molecule has 118 valence electrons. The number of rotatable bonds is 4. The highest BCUT2D eigenvalue weighted by Gasteiger charge is 2.19. The zero-order chi connectivity index (χ0) is 15.5. The number of hydrogen-bond donors (Lipinski definition) is 1. The molecule has 1 N–H and O–H groups in total. The molecule has 1 fully saturated rings. The molecule has 3 heteroatoms. The number of benzene rings is 1. The van der Waals surface area contributed by atoms with Gasteiger partial charge in [-0.25, -0.2) is 0 Å². The summed E-state index contributed by atoms with van der Waals surface area (Å²) >= 11 is 0. The van der Waals surface area contributed by atoms with Crippen molar-refractivity contribution in [1.29, 1.82) is 0 Å². The highest BCUT2D eigenvalue weighted by atomic mass is 15.1. The van der Waals surface area contributed by atoms with Crippen LogP contribution in [-0.2, 0) is 6.54 Å². The number of likely N-dealkylation sites (tertiary alicyclic amines) is 1. The monoisotopic (exact) mass is 297 g/mol. The van der Waals surface area contributed by atoms with Crippen LogP contribution in [0.15, 0.2) is 30.3 Å². The highest BCUT2D eigenvalue weighted by Crippen LogP contribution is 2.18. The molecular weight excluding hydrogens is 270 g/mol. The lowest BCUT2D eigenvalue weighted by atomic mass is 10.0. The van der Waals surface area contributed by atoms with Crippen LogP contribution >= 0.6 is 0 Å². The van der Waals surface area contributed by atoms with Crippen molar-refractivity contribution in [2.24, 2.45) is 0 Å². The van der Waals surface area contributed by atoms with Gasteiger partial charge in [0.05, 0.1) is 5.52 Å². The van der Waals surface area contributed by atoms with E-state index in [2.05, 4.69) is 59.4 Å². The molecule has 22 heavy (non-hydrogen) atoms. The van der Waals surface area contributed by atoms with Crippen LogP contribution in [0.25, 0.3) is 10.9 Å². The van der Waals surface area contributed by atoms with Crippen LogP contribution in [0.3, 0.4) is 0 Å². The van der Waals surface area contributed by atoms with E-state index in [0.29, 0.717) is 12.1 Å². The number of fused-ring (bicyclic) bond motifs is 1. The van der Waals surface area contributed by atoms with Gasteiger partial charge in [-0.05, 0) is 56.6 Å². The molecule has 0 unspecified atom stereocenters. The Morgan fingerprint density at radius 3 is 2.68 bits per heavy atom. The molecule has 0 atom stereocenters. The first kappa shape index (κ1) is 15.4. The molecule has 1 saturated heterocycles. The van der Waals surface area contributed by atoms with E-state index in [0.717, 1.165) is 17.8 Å².